The van der Waals surface area contributed by atoms with Crippen LogP contribution in [0.5, 0.6) is 0 Å². The van der Waals surface area contributed by atoms with Gasteiger partial charge in [0.15, 0.2) is 0 Å². The number of hydrogen-bond acceptors (Lipinski definition) is 5. The summed E-state index contributed by atoms with van der Waals surface area (Å²) in [4.78, 5) is 10.4. The number of nitro groups is 1. The first-order valence-electron chi connectivity index (χ1n) is 5.18. The number of nitrogens with zero attached hydrogens (tertiary/aromatic N) is 3. The first-order chi connectivity index (χ1) is 8.99. The van der Waals surface area contributed by atoms with Crippen molar-refractivity contribution in [3.63, 3.8) is 0 Å². The van der Waals surface area contributed by atoms with Crippen LogP contribution < -0.4 is 0 Å². The number of aryl methyl sites for hydroxylation is 1. The van der Waals surface area contributed by atoms with Crippen LogP contribution in [0, 0.1) is 26.6 Å². The highest BCUT2D eigenvalue weighted by atomic mass is 32.1. The molecular formula is C10H9N5O2S2. The van der Waals surface area contributed by atoms with Crippen LogP contribution in [0.15, 0.2) is 23.3 Å². The second kappa shape index (κ2) is 5.24. The van der Waals surface area contributed by atoms with Crippen molar-refractivity contribution in [1.29, 1.82) is 0 Å². The van der Waals surface area contributed by atoms with Crippen LogP contribution in [0.2, 0.25) is 0 Å². The van der Waals surface area contributed by atoms with Gasteiger partial charge in [0.05, 0.1) is 11.1 Å². The molecule has 0 amide bonds. The van der Waals surface area contributed by atoms with Crippen LogP contribution in [0.3, 0.4) is 0 Å². The van der Waals surface area contributed by atoms with Crippen molar-refractivity contribution in [2.75, 3.05) is 0 Å². The molecule has 98 valence electrons. The summed E-state index contributed by atoms with van der Waals surface area (Å²) in [5.74, 6) is 0. The number of aromatic amines is 2. The van der Waals surface area contributed by atoms with E-state index >= 15 is 0 Å². The molecular weight excluding hydrogens is 286 g/mol. The zero-order chi connectivity index (χ0) is 14.0. The number of nitrogens with one attached hydrogen (secondary N) is 2. The third-order valence-electron chi connectivity index (χ3n) is 2.41. The molecule has 2 N–H and O–H groups in total. The largest absolute Gasteiger partial charge is 0.273 e. The number of hydrogen-bond donors (Lipinski definition) is 2. The summed E-state index contributed by atoms with van der Waals surface area (Å²) in [5.41, 5.74) is 1.24. The molecule has 0 radical (unpaired) electrons. The average Bonchev–Trinajstić information content (AvgIpc) is 2.68. The Labute approximate surface area is 117 Å². The Bertz CT molecular complexity index is 743. The molecule has 0 aliphatic carbocycles. The third-order valence-corrected chi connectivity index (χ3v) is 2.96. The summed E-state index contributed by atoms with van der Waals surface area (Å²) in [6.45, 7) is 1.68. The van der Waals surface area contributed by atoms with Crippen molar-refractivity contribution in [1.82, 2.24) is 14.9 Å². The molecule has 0 saturated carbocycles. The minimum atomic E-state index is -0.430. The lowest BCUT2D eigenvalue weighted by molar-refractivity contribution is -0.385. The summed E-state index contributed by atoms with van der Waals surface area (Å²) in [5, 5.41) is 20.2. The first-order valence-corrected chi connectivity index (χ1v) is 6.00. The molecule has 2 rings (SSSR count). The molecule has 0 bridgehead atoms. The minimum Gasteiger partial charge on any atom is -0.273 e. The van der Waals surface area contributed by atoms with Crippen LogP contribution >= 0.6 is 24.4 Å². The molecule has 0 aliphatic heterocycles. The Balaban J connectivity index is 2.40. The fourth-order valence-corrected chi connectivity index (χ4v) is 1.87. The monoisotopic (exact) mass is 295 g/mol. The summed E-state index contributed by atoms with van der Waals surface area (Å²) >= 11 is 9.93. The number of rotatable bonds is 3. The quantitative estimate of drug-likeness (QED) is 0.394. The zero-order valence-electron chi connectivity index (χ0n) is 9.78. The number of benzene rings is 1. The number of aromatic nitrogens is 3. The molecule has 0 unspecified atom stereocenters. The SMILES string of the molecule is Cc1ccc(/C=N\n2c(=S)[nH][nH]c2=S)cc1[N+](=O)[O-]. The van der Waals surface area contributed by atoms with Gasteiger partial charge in [-0.2, -0.15) is 9.78 Å². The average molecular weight is 295 g/mol. The van der Waals surface area contributed by atoms with E-state index in [-0.39, 0.29) is 5.69 Å². The van der Waals surface area contributed by atoms with Gasteiger partial charge in [-0.25, -0.2) is 0 Å². The summed E-state index contributed by atoms with van der Waals surface area (Å²) in [6.07, 6.45) is 1.46. The summed E-state index contributed by atoms with van der Waals surface area (Å²) in [6, 6.07) is 4.84. The van der Waals surface area contributed by atoms with Crippen molar-refractivity contribution in [2.45, 2.75) is 6.92 Å². The van der Waals surface area contributed by atoms with E-state index in [0.717, 1.165) is 0 Å². The molecule has 2 aromatic rings. The van der Waals surface area contributed by atoms with E-state index in [9.17, 15) is 10.1 Å². The van der Waals surface area contributed by atoms with Gasteiger partial charge in [-0.15, -0.1) is 0 Å². The van der Waals surface area contributed by atoms with E-state index in [4.69, 9.17) is 24.4 Å². The lowest BCUT2D eigenvalue weighted by Gasteiger charge is -1.98. The van der Waals surface area contributed by atoms with Gasteiger partial charge in [0.1, 0.15) is 0 Å². The van der Waals surface area contributed by atoms with Gasteiger partial charge in [0.2, 0.25) is 9.54 Å². The standard InChI is InChI=1S/C10H9N5O2S2/c1-6-2-3-7(4-8(6)15(16)17)5-11-14-9(18)12-13-10(14)19/h2-5H,1H3,(H,12,18)(H,13,19)/b11-5-. The lowest BCUT2D eigenvalue weighted by Crippen LogP contribution is -1.95. The van der Waals surface area contributed by atoms with E-state index < -0.39 is 4.92 Å². The molecule has 9 heteroatoms. The summed E-state index contributed by atoms with van der Waals surface area (Å²) in [7, 11) is 0. The van der Waals surface area contributed by atoms with Gasteiger partial charge in [-0.05, 0) is 31.4 Å². The third kappa shape index (κ3) is 2.83. The maximum atomic E-state index is 10.8. The smallest absolute Gasteiger partial charge is 0.272 e. The van der Waals surface area contributed by atoms with Gasteiger partial charge in [-0.1, -0.05) is 12.1 Å². The van der Waals surface area contributed by atoms with Crippen molar-refractivity contribution >= 4 is 36.3 Å². The number of nitro benzene ring substituents is 1. The lowest BCUT2D eigenvalue weighted by atomic mass is 10.1. The molecule has 0 atom stereocenters. The van der Waals surface area contributed by atoms with Crippen LogP contribution in [0.1, 0.15) is 11.1 Å². The second-order valence-electron chi connectivity index (χ2n) is 3.72. The highest BCUT2D eigenvalue weighted by Crippen LogP contribution is 2.18. The van der Waals surface area contributed by atoms with Crippen LogP contribution in [0.25, 0.3) is 0 Å². The molecule has 0 fully saturated rings. The van der Waals surface area contributed by atoms with Crippen LogP contribution in [0.4, 0.5) is 5.69 Å². The Morgan fingerprint density at radius 1 is 1.37 bits per heavy atom. The fraction of sp³-hybridized carbons (Fsp3) is 0.100. The van der Waals surface area contributed by atoms with Gasteiger partial charge >= 0.3 is 0 Å². The normalized spacial score (nSPS) is 11.0. The molecule has 1 heterocycles. The van der Waals surface area contributed by atoms with Crippen LogP contribution in [-0.4, -0.2) is 26.0 Å². The van der Waals surface area contributed by atoms with Gasteiger partial charge in [-0.3, -0.25) is 20.3 Å². The fourth-order valence-electron chi connectivity index (χ4n) is 1.44. The van der Waals surface area contributed by atoms with E-state index in [1.807, 2.05) is 0 Å². The molecule has 1 aromatic carbocycles. The Morgan fingerprint density at radius 3 is 2.58 bits per heavy atom. The molecule has 0 spiro atoms. The van der Waals surface area contributed by atoms with E-state index in [1.54, 1.807) is 19.1 Å². The van der Waals surface area contributed by atoms with Gasteiger partial charge in [0, 0.05) is 17.2 Å². The molecule has 1 aromatic heterocycles. The Morgan fingerprint density at radius 2 is 2.00 bits per heavy atom. The molecule has 0 aliphatic rings. The van der Waals surface area contributed by atoms with Gasteiger partial charge < -0.3 is 0 Å². The van der Waals surface area contributed by atoms with E-state index in [1.165, 1.54) is 17.0 Å². The molecule has 0 saturated heterocycles. The Kier molecular flexibility index (Phi) is 3.67. The van der Waals surface area contributed by atoms with E-state index in [0.29, 0.717) is 20.7 Å². The minimum absolute atomic E-state index is 0.0479. The van der Waals surface area contributed by atoms with E-state index in [2.05, 4.69) is 15.3 Å². The number of H-pyrrole nitrogens is 2. The molecule has 19 heavy (non-hydrogen) atoms. The Hall–Kier alpha value is -2.13. The predicted molar refractivity (Wildman–Crippen MR) is 75.6 cm³/mol. The molecule has 7 nitrogen and oxygen atoms in total. The topological polar surface area (TPSA) is 92.0 Å². The van der Waals surface area contributed by atoms with Crippen LogP contribution in [-0.2, 0) is 0 Å². The van der Waals surface area contributed by atoms with Gasteiger partial charge in [0.25, 0.3) is 5.69 Å². The van der Waals surface area contributed by atoms with Crippen molar-refractivity contribution < 1.29 is 4.92 Å². The maximum Gasteiger partial charge on any atom is 0.272 e. The highest BCUT2D eigenvalue weighted by molar-refractivity contribution is 7.72. The predicted octanol–water partition coefficient (Wildman–Crippen LogP) is 2.70. The second-order valence-corrected chi connectivity index (χ2v) is 4.49. The zero-order valence-corrected chi connectivity index (χ0v) is 11.4. The van der Waals surface area contributed by atoms with Crippen molar-refractivity contribution in [3.8, 4) is 0 Å². The summed E-state index contributed by atoms with van der Waals surface area (Å²) < 4.78 is 1.96. The first kappa shape index (κ1) is 13.3. The highest BCUT2D eigenvalue weighted by Gasteiger charge is 2.09. The van der Waals surface area contributed by atoms with Crippen molar-refractivity contribution in [2.24, 2.45) is 5.10 Å². The van der Waals surface area contributed by atoms with Crippen molar-refractivity contribution in [3.05, 3.63) is 49.0 Å². The maximum absolute atomic E-state index is 10.8.